The monoisotopic (exact) mass is 372 g/mol. The quantitative estimate of drug-likeness (QED) is 0.436. The standard InChI is InChI=1S/C16H13Se.BF4/c1-2-6-13(7-3-1)12-16-15-9-5-4-8-14(15)10-11-17-16;2-1(3,4)5/h1-11H,12H2;/q+1;-1. The molecule has 2 aromatic carbocycles. The SMILES string of the molecule is F[B-](F)(F)F.c1ccc(Cc2[se+]ccc3ccccc23)cc1. The fraction of sp³-hybridized carbons (Fsp3) is 0.0625. The molecule has 0 spiro atoms. The zero-order valence-electron chi connectivity index (χ0n) is 11.6. The first-order chi connectivity index (χ1) is 10.4. The Morgan fingerprint density at radius 2 is 1.36 bits per heavy atom. The van der Waals surface area contributed by atoms with E-state index in [1.165, 1.54) is 16.3 Å². The van der Waals surface area contributed by atoms with E-state index in [1.807, 2.05) is 0 Å². The molecule has 1 heterocycles. The van der Waals surface area contributed by atoms with Crippen molar-refractivity contribution in [3.63, 3.8) is 0 Å². The van der Waals surface area contributed by atoms with Gasteiger partial charge in [-0.05, 0) is 0 Å². The summed E-state index contributed by atoms with van der Waals surface area (Å²) in [5.74, 6) is 0. The van der Waals surface area contributed by atoms with Crippen molar-refractivity contribution in [3.05, 3.63) is 75.6 Å². The number of rotatable bonds is 2. The number of benzene rings is 2. The van der Waals surface area contributed by atoms with Crippen LogP contribution < -0.4 is 0 Å². The maximum atomic E-state index is 9.75. The Bertz CT molecular complexity index is 718. The van der Waals surface area contributed by atoms with E-state index in [0.717, 1.165) is 6.42 Å². The van der Waals surface area contributed by atoms with Gasteiger partial charge in [-0.3, -0.25) is 0 Å². The molecule has 0 aliphatic rings. The molecule has 3 rings (SSSR count). The van der Waals surface area contributed by atoms with Gasteiger partial charge in [0.1, 0.15) is 0 Å². The van der Waals surface area contributed by atoms with Crippen molar-refractivity contribution in [2.45, 2.75) is 6.42 Å². The van der Waals surface area contributed by atoms with Crippen LogP contribution in [0.5, 0.6) is 0 Å². The Hall–Kier alpha value is -1.65. The summed E-state index contributed by atoms with van der Waals surface area (Å²) in [4.78, 5) is 2.33. The van der Waals surface area contributed by atoms with Crippen LogP contribution >= 0.6 is 0 Å². The van der Waals surface area contributed by atoms with Gasteiger partial charge in [0.15, 0.2) is 0 Å². The zero-order valence-corrected chi connectivity index (χ0v) is 13.3. The molecule has 0 nitrogen and oxygen atoms in total. The molecule has 0 saturated heterocycles. The molecule has 0 atom stereocenters. The summed E-state index contributed by atoms with van der Waals surface area (Å²) in [6.07, 6.45) is 1.09. The Morgan fingerprint density at radius 1 is 0.773 bits per heavy atom. The second-order valence-electron chi connectivity index (χ2n) is 4.59. The fourth-order valence-corrected chi connectivity index (χ4v) is 4.04. The van der Waals surface area contributed by atoms with E-state index in [1.54, 1.807) is 4.44 Å². The van der Waals surface area contributed by atoms with Crippen LogP contribution in [0.25, 0.3) is 10.8 Å². The molecule has 0 unspecified atom stereocenters. The van der Waals surface area contributed by atoms with Crippen molar-refractivity contribution in [2.24, 2.45) is 0 Å². The number of hydrogen-bond donors (Lipinski definition) is 0. The van der Waals surface area contributed by atoms with E-state index in [9.17, 15) is 17.3 Å². The summed E-state index contributed by atoms with van der Waals surface area (Å²) in [5, 5.41) is 2.81. The normalized spacial score (nSPS) is 10.9. The molecule has 0 N–H and O–H groups in total. The molecule has 22 heavy (non-hydrogen) atoms. The van der Waals surface area contributed by atoms with Crippen LogP contribution in [0, 0.1) is 0 Å². The first kappa shape index (κ1) is 16.7. The van der Waals surface area contributed by atoms with Gasteiger partial charge in [-0.25, -0.2) is 0 Å². The summed E-state index contributed by atoms with van der Waals surface area (Å²) in [5.41, 5.74) is 1.41. The molecule has 1 aromatic heterocycles. The average molecular weight is 371 g/mol. The van der Waals surface area contributed by atoms with Gasteiger partial charge >= 0.3 is 115 Å². The minimum atomic E-state index is -6.00. The molecular weight excluding hydrogens is 358 g/mol. The Kier molecular flexibility index (Phi) is 5.75. The summed E-state index contributed by atoms with van der Waals surface area (Å²) in [6.45, 7) is 0. The van der Waals surface area contributed by atoms with Crippen molar-refractivity contribution < 1.29 is 17.3 Å². The Balaban J connectivity index is 0.000000309. The molecule has 114 valence electrons. The van der Waals surface area contributed by atoms with Crippen molar-refractivity contribution in [1.82, 2.24) is 0 Å². The second kappa shape index (κ2) is 7.57. The van der Waals surface area contributed by atoms with Gasteiger partial charge in [0.2, 0.25) is 0 Å². The van der Waals surface area contributed by atoms with Crippen molar-refractivity contribution in [3.8, 4) is 0 Å². The van der Waals surface area contributed by atoms with Gasteiger partial charge < -0.3 is 17.3 Å². The van der Waals surface area contributed by atoms with E-state index < -0.39 is 7.25 Å². The topological polar surface area (TPSA) is 0 Å². The predicted molar refractivity (Wildman–Crippen MR) is 84.7 cm³/mol. The van der Waals surface area contributed by atoms with Crippen LogP contribution in [-0.4, -0.2) is 21.8 Å². The summed E-state index contributed by atoms with van der Waals surface area (Å²) in [7, 11) is -6.00. The van der Waals surface area contributed by atoms with E-state index in [2.05, 4.69) is 65.6 Å². The zero-order chi connectivity index (χ0) is 16.0. The number of halogens is 4. The van der Waals surface area contributed by atoms with Gasteiger partial charge in [-0.1, -0.05) is 0 Å². The molecular formula is C16H13BF4Se. The first-order valence-electron chi connectivity index (χ1n) is 6.63. The third kappa shape index (κ3) is 5.62. The Morgan fingerprint density at radius 3 is 2.05 bits per heavy atom. The molecule has 6 heteroatoms. The van der Waals surface area contributed by atoms with E-state index in [-0.39, 0.29) is 0 Å². The third-order valence-corrected chi connectivity index (χ3v) is 4.86. The van der Waals surface area contributed by atoms with Gasteiger partial charge in [0, 0.05) is 0 Å². The van der Waals surface area contributed by atoms with Crippen molar-refractivity contribution in [1.29, 1.82) is 0 Å². The van der Waals surface area contributed by atoms with Crippen LogP contribution in [-0.2, 0) is 6.42 Å². The van der Waals surface area contributed by atoms with E-state index in [0.29, 0.717) is 14.5 Å². The van der Waals surface area contributed by atoms with Gasteiger partial charge in [-0.2, -0.15) is 0 Å². The van der Waals surface area contributed by atoms with Gasteiger partial charge in [0.25, 0.3) is 0 Å². The van der Waals surface area contributed by atoms with Gasteiger partial charge in [-0.15, -0.1) is 0 Å². The molecule has 0 aliphatic carbocycles. The molecule has 0 bridgehead atoms. The summed E-state index contributed by atoms with van der Waals surface area (Å²) < 4.78 is 40.6. The van der Waals surface area contributed by atoms with Crippen LogP contribution in [0.2, 0.25) is 0 Å². The van der Waals surface area contributed by atoms with E-state index >= 15 is 0 Å². The maximum absolute atomic E-state index is 9.75. The Labute approximate surface area is 132 Å². The first-order valence-corrected chi connectivity index (χ1v) is 8.48. The van der Waals surface area contributed by atoms with Crippen LogP contribution in [0.15, 0.2) is 65.6 Å². The second-order valence-corrected chi connectivity index (χ2v) is 6.69. The average Bonchev–Trinajstić information content (AvgIpc) is 2.47. The van der Waals surface area contributed by atoms with Crippen molar-refractivity contribution >= 4 is 32.5 Å². The fourth-order valence-electron chi connectivity index (χ4n) is 2.07. The van der Waals surface area contributed by atoms with E-state index in [4.69, 9.17) is 0 Å². The minimum absolute atomic E-state index is 0.504. The third-order valence-electron chi connectivity index (χ3n) is 2.93. The molecule has 0 radical (unpaired) electrons. The number of hydrogen-bond acceptors (Lipinski definition) is 0. The summed E-state index contributed by atoms with van der Waals surface area (Å²) in [6, 6.07) is 21.7. The van der Waals surface area contributed by atoms with Crippen LogP contribution in [0.1, 0.15) is 10.0 Å². The number of fused-ring (bicyclic) bond motifs is 1. The van der Waals surface area contributed by atoms with Crippen molar-refractivity contribution in [2.75, 3.05) is 0 Å². The molecule has 3 aromatic rings. The van der Waals surface area contributed by atoms with Gasteiger partial charge in [0.05, 0.1) is 0 Å². The predicted octanol–water partition coefficient (Wildman–Crippen LogP) is 5.07. The molecule has 0 saturated carbocycles. The van der Waals surface area contributed by atoms with Crippen LogP contribution in [0.4, 0.5) is 17.3 Å². The molecule has 0 fully saturated rings. The summed E-state index contributed by atoms with van der Waals surface area (Å²) >= 11 is 0.504. The van der Waals surface area contributed by atoms with Crippen LogP contribution in [0.3, 0.4) is 0 Å². The molecule has 0 aliphatic heterocycles. The molecule has 0 amide bonds.